The van der Waals surface area contributed by atoms with Crippen LogP contribution in [0.3, 0.4) is 0 Å². The van der Waals surface area contributed by atoms with Gasteiger partial charge < -0.3 is 9.64 Å². The van der Waals surface area contributed by atoms with Gasteiger partial charge in [-0.05, 0) is 43.4 Å². The molecule has 0 aliphatic carbocycles. The second kappa shape index (κ2) is 8.31. The van der Waals surface area contributed by atoms with Gasteiger partial charge in [-0.2, -0.15) is 4.68 Å². The van der Waals surface area contributed by atoms with Crippen molar-refractivity contribution in [2.45, 2.75) is 31.8 Å². The average molecular weight is 364 g/mol. The maximum Gasteiger partial charge on any atom is 0.346 e. The molecule has 0 radical (unpaired) electrons. The lowest BCUT2D eigenvalue weighted by Crippen LogP contribution is -2.43. The van der Waals surface area contributed by atoms with Gasteiger partial charge in [0.2, 0.25) is 0 Å². The van der Waals surface area contributed by atoms with E-state index in [1.54, 1.807) is 0 Å². The Balaban J connectivity index is 1.23. The number of nitrogens with zero attached hydrogens (tertiary/aromatic N) is 4. The molecule has 6 heteroatoms. The molecule has 6 nitrogen and oxygen atoms in total. The second-order valence-electron chi connectivity index (χ2n) is 6.92. The summed E-state index contributed by atoms with van der Waals surface area (Å²) in [4.78, 5) is 14.6. The molecule has 4 rings (SSSR count). The minimum Gasteiger partial charge on any atom is -0.378 e. The van der Waals surface area contributed by atoms with E-state index in [0.717, 1.165) is 43.3 Å². The van der Waals surface area contributed by atoms with Gasteiger partial charge in [-0.15, -0.1) is 5.10 Å². The topological polar surface area (TPSA) is 60.2 Å². The summed E-state index contributed by atoms with van der Waals surface area (Å²) in [5.41, 5.74) is 2.84. The van der Waals surface area contributed by atoms with E-state index in [2.05, 4.69) is 34.6 Å². The van der Waals surface area contributed by atoms with Crippen LogP contribution in [0.5, 0.6) is 0 Å². The van der Waals surface area contributed by atoms with Crippen LogP contribution in [0.1, 0.15) is 24.8 Å². The predicted octanol–water partition coefficient (Wildman–Crippen LogP) is 3.51. The third-order valence-electron chi connectivity index (χ3n) is 5.05. The summed E-state index contributed by atoms with van der Waals surface area (Å²) in [6, 6.07) is 17.9. The van der Waals surface area contributed by atoms with Gasteiger partial charge in [0.25, 0.3) is 0 Å². The second-order valence-corrected chi connectivity index (χ2v) is 6.92. The zero-order chi connectivity index (χ0) is 18.5. The highest BCUT2D eigenvalue weighted by atomic mass is 16.5. The number of benzene rings is 2. The Morgan fingerprint density at radius 2 is 1.78 bits per heavy atom. The summed E-state index contributed by atoms with van der Waals surface area (Å²) in [6.07, 6.45) is 4.02. The molecule has 1 saturated heterocycles. The van der Waals surface area contributed by atoms with Crippen molar-refractivity contribution >= 4 is 17.1 Å². The summed E-state index contributed by atoms with van der Waals surface area (Å²) in [6.45, 7) is 2.15. The first-order valence-electron chi connectivity index (χ1n) is 9.56. The number of aromatic nitrogens is 3. The normalized spacial score (nSPS) is 15.3. The van der Waals surface area contributed by atoms with Crippen molar-refractivity contribution < 1.29 is 9.53 Å². The Hall–Kier alpha value is -2.73. The maximum absolute atomic E-state index is 12.7. The fourth-order valence-electron chi connectivity index (χ4n) is 3.53. The molecule has 0 spiro atoms. The molecule has 1 aliphatic heterocycles. The Labute approximate surface area is 158 Å². The minimum atomic E-state index is -0.105. The number of fused-ring (bicyclic) bond motifs is 1. The average Bonchev–Trinajstić information content (AvgIpc) is 3.16. The van der Waals surface area contributed by atoms with E-state index in [4.69, 9.17) is 4.74 Å². The van der Waals surface area contributed by atoms with Crippen molar-refractivity contribution in [3.63, 3.8) is 0 Å². The quantitative estimate of drug-likeness (QED) is 0.650. The van der Waals surface area contributed by atoms with E-state index < -0.39 is 0 Å². The monoisotopic (exact) mass is 364 g/mol. The molecule has 27 heavy (non-hydrogen) atoms. The molecule has 1 amide bonds. The Morgan fingerprint density at radius 3 is 2.59 bits per heavy atom. The zero-order valence-corrected chi connectivity index (χ0v) is 15.3. The third-order valence-corrected chi connectivity index (χ3v) is 5.05. The molecule has 0 saturated carbocycles. The molecule has 3 aromatic rings. The van der Waals surface area contributed by atoms with E-state index in [-0.39, 0.29) is 12.1 Å². The van der Waals surface area contributed by atoms with Gasteiger partial charge in [0.05, 0.1) is 11.6 Å². The highest BCUT2D eigenvalue weighted by Crippen LogP contribution is 2.17. The van der Waals surface area contributed by atoms with Crippen molar-refractivity contribution in [2.75, 3.05) is 19.7 Å². The summed E-state index contributed by atoms with van der Waals surface area (Å²) in [5.74, 6) is 0. The van der Waals surface area contributed by atoms with Crippen molar-refractivity contribution in [2.24, 2.45) is 0 Å². The molecule has 0 atom stereocenters. The van der Waals surface area contributed by atoms with E-state index in [9.17, 15) is 4.79 Å². The maximum atomic E-state index is 12.7. The van der Waals surface area contributed by atoms with Gasteiger partial charge in [0, 0.05) is 19.7 Å². The first-order chi connectivity index (χ1) is 13.3. The number of piperidine rings is 1. The molecule has 2 aromatic carbocycles. The molecular formula is C21H24N4O2. The lowest BCUT2D eigenvalue weighted by atomic mass is 10.1. The number of hydrogen-bond donors (Lipinski definition) is 0. The molecule has 0 bridgehead atoms. The number of hydrogen-bond acceptors (Lipinski definition) is 4. The highest BCUT2D eigenvalue weighted by molar-refractivity contribution is 5.87. The molecular weight excluding hydrogens is 340 g/mol. The van der Waals surface area contributed by atoms with Crippen molar-refractivity contribution in [3.05, 3.63) is 60.2 Å². The van der Waals surface area contributed by atoms with Crippen LogP contribution in [0.15, 0.2) is 54.6 Å². The van der Waals surface area contributed by atoms with Crippen molar-refractivity contribution in [1.82, 2.24) is 19.9 Å². The molecule has 2 heterocycles. The number of carbonyl (C=O) groups is 1. The summed E-state index contributed by atoms with van der Waals surface area (Å²) in [7, 11) is 0. The molecule has 0 N–H and O–H groups in total. The van der Waals surface area contributed by atoms with Gasteiger partial charge in [0.1, 0.15) is 5.52 Å². The first-order valence-corrected chi connectivity index (χ1v) is 9.56. The smallest absolute Gasteiger partial charge is 0.346 e. The SMILES string of the molecule is O=C(N1CCC(OCCCc2ccccc2)CC1)n1nnc2ccccc21. The van der Waals surface area contributed by atoms with Gasteiger partial charge in [0.15, 0.2) is 0 Å². The summed E-state index contributed by atoms with van der Waals surface area (Å²) < 4.78 is 7.42. The lowest BCUT2D eigenvalue weighted by Gasteiger charge is -2.31. The molecule has 0 unspecified atom stereocenters. The van der Waals surface area contributed by atoms with Crippen LogP contribution in [-0.2, 0) is 11.2 Å². The Bertz CT molecular complexity index is 885. The Kier molecular flexibility index (Phi) is 5.44. The molecule has 1 fully saturated rings. The summed E-state index contributed by atoms with van der Waals surface area (Å²) in [5, 5.41) is 8.09. The van der Waals surface area contributed by atoms with Gasteiger partial charge in [-0.3, -0.25) is 0 Å². The fourth-order valence-corrected chi connectivity index (χ4v) is 3.53. The number of carbonyl (C=O) groups excluding carboxylic acids is 1. The highest BCUT2D eigenvalue weighted by Gasteiger charge is 2.25. The van der Waals surface area contributed by atoms with Crippen LogP contribution < -0.4 is 0 Å². The van der Waals surface area contributed by atoms with Crippen molar-refractivity contribution in [3.8, 4) is 0 Å². The third kappa shape index (κ3) is 4.17. The van der Waals surface area contributed by atoms with Gasteiger partial charge >= 0.3 is 6.03 Å². The van der Waals surface area contributed by atoms with Crippen LogP contribution in [0.25, 0.3) is 11.0 Å². The predicted molar refractivity (Wildman–Crippen MR) is 104 cm³/mol. The standard InChI is InChI=1S/C21H24N4O2/c26-21(25-20-11-5-4-10-19(20)22-23-25)24-14-12-18(13-15-24)27-16-6-9-17-7-2-1-3-8-17/h1-5,7-8,10-11,18H,6,9,12-16H2. The number of para-hydroxylation sites is 1. The number of amides is 1. The molecule has 140 valence electrons. The Morgan fingerprint density at radius 1 is 1.04 bits per heavy atom. The van der Waals surface area contributed by atoms with Crippen LogP contribution in [0.2, 0.25) is 0 Å². The van der Waals surface area contributed by atoms with Gasteiger partial charge in [-0.1, -0.05) is 47.7 Å². The van der Waals surface area contributed by atoms with Crippen LogP contribution in [0, 0.1) is 0 Å². The lowest BCUT2D eigenvalue weighted by molar-refractivity contribution is 0.0138. The van der Waals surface area contributed by atoms with Gasteiger partial charge in [-0.25, -0.2) is 4.79 Å². The molecule has 1 aromatic heterocycles. The van der Waals surface area contributed by atoms with E-state index >= 15 is 0 Å². The summed E-state index contributed by atoms with van der Waals surface area (Å²) >= 11 is 0. The fraction of sp³-hybridized carbons (Fsp3) is 0.381. The number of aryl methyl sites for hydroxylation is 1. The number of ether oxygens (including phenoxy) is 1. The van der Waals surface area contributed by atoms with E-state index in [1.165, 1.54) is 10.2 Å². The molecule has 1 aliphatic rings. The number of likely N-dealkylation sites (tertiary alicyclic amines) is 1. The van der Waals surface area contributed by atoms with E-state index in [0.29, 0.717) is 13.1 Å². The van der Waals surface area contributed by atoms with E-state index in [1.807, 2.05) is 35.2 Å². The zero-order valence-electron chi connectivity index (χ0n) is 15.3. The van der Waals surface area contributed by atoms with Crippen LogP contribution in [-0.4, -0.2) is 51.7 Å². The number of rotatable bonds is 5. The van der Waals surface area contributed by atoms with Crippen LogP contribution >= 0.6 is 0 Å². The van der Waals surface area contributed by atoms with Crippen LogP contribution in [0.4, 0.5) is 4.79 Å². The first kappa shape index (κ1) is 17.7. The largest absolute Gasteiger partial charge is 0.378 e. The minimum absolute atomic E-state index is 0.105. The van der Waals surface area contributed by atoms with Crippen molar-refractivity contribution in [1.29, 1.82) is 0 Å².